The molecule has 29 heavy (non-hydrogen) atoms. The highest BCUT2D eigenvalue weighted by Gasteiger charge is 2.22. The standard InChI is InChI=1S/C22H21ClN4O2/c23-19-14-18(17-4-2-1-3-5-17)6-7-20(19)29-16-22(28)27-12-10-26(11-13-27)21-15-24-8-9-25-21/h1-9,14-15H,10-13,16H2. The normalized spacial score (nSPS) is 14.0. The number of anilines is 1. The predicted molar refractivity (Wildman–Crippen MR) is 113 cm³/mol. The number of hydrogen-bond acceptors (Lipinski definition) is 5. The van der Waals surface area contributed by atoms with E-state index in [4.69, 9.17) is 16.3 Å². The van der Waals surface area contributed by atoms with Crippen molar-refractivity contribution in [1.82, 2.24) is 14.9 Å². The molecule has 0 saturated carbocycles. The van der Waals surface area contributed by atoms with Crippen LogP contribution in [0.4, 0.5) is 5.82 Å². The van der Waals surface area contributed by atoms with Crippen LogP contribution in [0.1, 0.15) is 0 Å². The van der Waals surface area contributed by atoms with Gasteiger partial charge in [0.2, 0.25) is 0 Å². The molecule has 3 aromatic rings. The summed E-state index contributed by atoms with van der Waals surface area (Å²) in [4.78, 5) is 24.9. The molecule has 1 aliphatic rings. The fraction of sp³-hybridized carbons (Fsp3) is 0.227. The lowest BCUT2D eigenvalue weighted by molar-refractivity contribution is -0.133. The first-order valence-corrected chi connectivity index (χ1v) is 9.85. The fourth-order valence-electron chi connectivity index (χ4n) is 3.30. The number of benzene rings is 2. The van der Waals surface area contributed by atoms with E-state index in [-0.39, 0.29) is 12.5 Å². The van der Waals surface area contributed by atoms with Crippen molar-refractivity contribution in [3.63, 3.8) is 0 Å². The third-order valence-electron chi connectivity index (χ3n) is 4.90. The molecule has 1 saturated heterocycles. The van der Waals surface area contributed by atoms with Gasteiger partial charge in [0.15, 0.2) is 6.61 Å². The number of amides is 1. The van der Waals surface area contributed by atoms with Crippen LogP contribution >= 0.6 is 11.6 Å². The Bertz CT molecular complexity index is 961. The molecule has 0 N–H and O–H groups in total. The van der Waals surface area contributed by atoms with Gasteiger partial charge in [-0.25, -0.2) is 4.98 Å². The first-order valence-electron chi connectivity index (χ1n) is 9.47. The van der Waals surface area contributed by atoms with Crippen LogP contribution in [0.5, 0.6) is 5.75 Å². The molecule has 7 heteroatoms. The number of ether oxygens (including phenoxy) is 1. The van der Waals surface area contributed by atoms with Crippen LogP contribution in [0, 0.1) is 0 Å². The van der Waals surface area contributed by atoms with Crippen LogP contribution in [-0.2, 0) is 4.79 Å². The molecule has 0 aliphatic carbocycles. The number of aromatic nitrogens is 2. The van der Waals surface area contributed by atoms with Crippen molar-refractivity contribution in [2.45, 2.75) is 0 Å². The summed E-state index contributed by atoms with van der Waals surface area (Å²) >= 11 is 6.37. The largest absolute Gasteiger partial charge is 0.482 e. The first-order chi connectivity index (χ1) is 14.2. The molecular weight excluding hydrogens is 388 g/mol. The minimum absolute atomic E-state index is 0.0322. The van der Waals surface area contributed by atoms with Gasteiger partial charge >= 0.3 is 0 Å². The summed E-state index contributed by atoms with van der Waals surface area (Å²) in [5.41, 5.74) is 2.09. The number of rotatable bonds is 5. The third kappa shape index (κ3) is 4.66. The van der Waals surface area contributed by atoms with Gasteiger partial charge < -0.3 is 14.5 Å². The molecule has 4 rings (SSSR count). The molecule has 0 bridgehead atoms. The first kappa shape index (κ1) is 19.2. The predicted octanol–water partition coefficient (Wildman–Crippen LogP) is 3.52. The summed E-state index contributed by atoms with van der Waals surface area (Å²) < 4.78 is 5.70. The highest BCUT2D eigenvalue weighted by atomic mass is 35.5. The second-order valence-electron chi connectivity index (χ2n) is 6.73. The van der Waals surface area contributed by atoms with E-state index in [9.17, 15) is 4.79 Å². The number of piperazine rings is 1. The third-order valence-corrected chi connectivity index (χ3v) is 5.19. The Hall–Kier alpha value is -3.12. The van der Waals surface area contributed by atoms with E-state index in [1.165, 1.54) is 0 Å². The summed E-state index contributed by atoms with van der Waals surface area (Å²) in [6.07, 6.45) is 5.06. The SMILES string of the molecule is O=C(COc1ccc(-c2ccccc2)cc1Cl)N1CCN(c2cnccn2)CC1. The van der Waals surface area contributed by atoms with E-state index >= 15 is 0 Å². The van der Waals surface area contributed by atoms with Crippen molar-refractivity contribution >= 4 is 23.3 Å². The molecule has 148 valence electrons. The van der Waals surface area contributed by atoms with Gasteiger partial charge in [-0.1, -0.05) is 48.0 Å². The van der Waals surface area contributed by atoms with Crippen LogP contribution in [0.25, 0.3) is 11.1 Å². The molecule has 0 unspecified atom stereocenters. The maximum absolute atomic E-state index is 12.5. The number of carbonyl (C=O) groups excluding carboxylic acids is 1. The minimum Gasteiger partial charge on any atom is -0.482 e. The molecule has 1 fully saturated rings. The Labute approximate surface area is 174 Å². The van der Waals surface area contributed by atoms with Crippen molar-refractivity contribution in [3.05, 3.63) is 72.1 Å². The lowest BCUT2D eigenvalue weighted by atomic mass is 10.1. The maximum Gasteiger partial charge on any atom is 0.260 e. The number of nitrogens with zero attached hydrogens (tertiary/aromatic N) is 4. The lowest BCUT2D eigenvalue weighted by Crippen LogP contribution is -2.50. The van der Waals surface area contributed by atoms with Crippen LogP contribution in [-0.4, -0.2) is 53.6 Å². The van der Waals surface area contributed by atoms with Crippen molar-refractivity contribution in [2.24, 2.45) is 0 Å². The molecule has 1 aliphatic heterocycles. The summed E-state index contributed by atoms with van der Waals surface area (Å²) in [6.45, 7) is 2.66. The average molecular weight is 409 g/mol. The Morgan fingerprint density at radius 1 is 1.00 bits per heavy atom. The molecule has 0 radical (unpaired) electrons. The van der Waals surface area contributed by atoms with Gasteiger partial charge in [-0.05, 0) is 23.3 Å². The molecule has 2 heterocycles. The van der Waals surface area contributed by atoms with Crippen LogP contribution in [0.15, 0.2) is 67.1 Å². The van der Waals surface area contributed by atoms with Crippen LogP contribution in [0.3, 0.4) is 0 Å². The Balaban J connectivity index is 1.31. The zero-order valence-corrected chi connectivity index (χ0v) is 16.6. The van der Waals surface area contributed by atoms with Crippen molar-refractivity contribution in [2.75, 3.05) is 37.7 Å². The second kappa shape index (κ2) is 8.92. The van der Waals surface area contributed by atoms with E-state index < -0.39 is 0 Å². The van der Waals surface area contributed by atoms with Gasteiger partial charge in [0.25, 0.3) is 5.91 Å². The molecule has 2 aromatic carbocycles. The highest BCUT2D eigenvalue weighted by molar-refractivity contribution is 6.32. The second-order valence-corrected chi connectivity index (χ2v) is 7.14. The smallest absolute Gasteiger partial charge is 0.260 e. The van der Waals surface area contributed by atoms with Gasteiger partial charge in [0.05, 0.1) is 11.2 Å². The summed E-state index contributed by atoms with van der Waals surface area (Å²) in [7, 11) is 0. The number of halogens is 1. The van der Waals surface area contributed by atoms with Gasteiger partial charge in [-0.15, -0.1) is 0 Å². The summed E-state index contributed by atoms with van der Waals surface area (Å²) in [5, 5.41) is 0.492. The van der Waals surface area contributed by atoms with E-state index in [0.717, 1.165) is 30.0 Å². The Kier molecular flexibility index (Phi) is 5.91. The van der Waals surface area contributed by atoms with Crippen LogP contribution < -0.4 is 9.64 Å². The van der Waals surface area contributed by atoms with Crippen molar-refractivity contribution < 1.29 is 9.53 Å². The quantitative estimate of drug-likeness (QED) is 0.646. The Morgan fingerprint density at radius 2 is 1.79 bits per heavy atom. The number of carbonyl (C=O) groups is 1. The zero-order chi connectivity index (χ0) is 20.1. The molecule has 6 nitrogen and oxygen atoms in total. The van der Waals surface area contributed by atoms with Gasteiger partial charge in [0, 0.05) is 38.6 Å². The van der Waals surface area contributed by atoms with Crippen molar-refractivity contribution in [1.29, 1.82) is 0 Å². The fourth-order valence-corrected chi connectivity index (χ4v) is 3.53. The summed E-state index contributed by atoms with van der Waals surface area (Å²) in [6, 6.07) is 15.6. The van der Waals surface area contributed by atoms with Crippen molar-refractivity contribution in [3.8, 4) is 16.9 Å². The molecule has 0 atom stereocenters. The van der Waals surface area contributed by atoms with E-state index in [1.54, 1.807) is 23.5 Å². The van der Waals surface area contributed by atoms with E-state index in [0.29, 0.717) is 23.9 Å². The number of hydrogen-bond donors (Lipinski definition) is 0. The highest BCUT2D eigenvalue weighted by Crippen LogP contribution is 2.30. The molecule has 0 spiro atoms. The van der Waals surface area contributed by atoms with Crippen LogP contribution in [0.2, 0.25) is 5.02 Å². The van der Waals surface area contributed by atoms with E-state index in [1.807, 2.05) is 48.5 Å². The average Bonchev–Trinajstić information content (AvgIpc) is 2.79. The lowest BCUT2D eigenvalue weighted by Gasteiger charge is -2.35. The topological polar surface area (TPSA) is 58.6 Å². The zero-order valence-electron chi connectivity index (χ0n) is 15.9. The van der Waals surface area contributed by atoms with Gasteiger partial charge in [-0.3, -0.25) is 9.78 Å². The minimum atomic E-state index is -0.0491. The monoisotopic (exact) mass is 408 g/mol. The summed E-state index contributed by atoms with van der Waals surface area (Å²) in [5.74, 6) is 1.30. The molecular formula is C22H21ClN4O2. The Morgan fingerprint density at radius 3 is 2.48 bits per heavy atom. The molecule has 1 amide bonds. The van der Waals surface area contributed by atoms with Gasteiger partial charge in [-0.2, -0.15) is 0 Å². The molecule has 1 aromatic heterocycles. The van der Waals surface area contributed by atoms with Gasteiger partial charge in [0.1, 0.15) is 11.6 Å². The maximum atomic E-state index is 12.5. The van der Waals surface area contributed by atoms with E-state index in [2.05, 4.69) is 14.9 Å².